The van der Waals surface area contributed by atoms with E-state index in [9.17, 15) is 14.0 Å². The zero-order valence-corrected chi connectivity index (χ0v) is 14.7. The van der Waals surface area contributed by atoms with Gasteiger partial charge >= 0.3 is 5.97 Å². The van der Waals surface area contributed by atoms with Crippen molar-refractivity contribution < 1.29 is 23.5 Å². The summed E-state index contributed by atoms with van der Waals surface area (Å²) in [5, 5.41) is 3.06. The van der Waals surface area contributed by atoms with Gasteiger partial charge in [-0.05, 0) is 35.9 Å². The Morgan fingerprint density at radius 3 is 2.60 bits per heavy atom. The number of carbonyl (C=O) groups is 2. The van der Waals surface area contributed by atoms with Crippen LogP contribution in [0, 0.1) is 5.82 Å². The van der Waals surface area contributed by atoms with Crippen molar-refractivity contribution in [3.63, 3.8) is 0 Å². The quantitative estimate of drug-likeness (QED) is 0.771. The number of ether oxygens (including phenoxy) is 2. The average molecular weight is 386 g/mol. The van der Waals surface area contributed by atoms with E-state index in [4.69, 9.17) is 32.7 Å². The molecule has 132 valence electrons. The van der Waals surface area contributed by atoms with E-state index in [1.165, 1.54) is 31.4 Å². The van der Waals surface area contributed by atoms with Crippen LogP contribution in [0.15, 0.2) is 36.4 Å². The molecule has 5 nitrogen and oxygen atoms in total. The predicted octanol–water partition coefficient (Wildman–Crippen LogP) is 3.61. The Hall–Kier alpha value is -2.31. The molecule has 25 heavy (non-hydrogen) atoms. The number of hydrogen-bond acceptors (Lipinski definition) is 4. The first-order valence-corrected chi connectivity index (χ1v) is 7.87. The molecule has 1 amide bonds. The summed E-state index contributed by atoms with van der Waals surface area (Å²) >= 11 is 11.7. The maximum Gasteiger partial charge on any atom is 0.342 e. The van der Waals surface area contributed by atoms with Crippen LogP contribution in [0.1, 0.15) is 15.9 Å². The lowest BCUT2D eigenvalue weighted by atomic mass is 10.2. The van der Waals surface area contributed by atoms with Gasteiger partial charge in [-0.3, -0.25) is 4.79 Å². The van der Waals surface area contributed by atoms with Crippen LogP contribution in [-0.4, -0.2) is 25.6 Å². The van der Waals surface area contributed by atoms with Gasteiger partial charge in [-0.25, -0.2) is 9.18 Å². The van der Waals surface area contributed by atoms with Crippen LogP contribution < -0.4 is 10.1 Å². The van der Waals surface area contributed by atoms with Crippen LogP contribution in [0.5, 0.6) is 5.75 Å². The number of carbonyl (C=O) groups excluding carboxylic acids is 2. The molecule has 0 aromatic heterocycles. The van der Waals surface area contributed by atoms with Gasteiger partial charge in [-0.1, -0.05) is 29.3 Å². The number of benzene rings is 2. The Morgan fingerprint density at radius 2 is 1.92 bits per heavy atom. The summed E-state index contributed by atoms with van der Waals surface area (Å²) in [6.45, 7) is -0.413. The van der Waals surface area contributed by atoms with Crippen LogP contribution in [0.2, 0.25) is 10.0 Å². The molecule has 0 aliphatic rings. The number of rotatable bonds is 6. The van der Waals surface area contributed by atoms with Crippen molar-refractivity contribution in [2.75, 3.05) is 13.7 Å². The molecular weight excluding hydrogens is 372 g/mol. The van der Waals surface area contributed by atoms with E-state index in [2.05, 4.69) is 5.32 Å². The molecule has 8 heteroatoms. The second-order valence-electron chi connectivity index (χ2n) is 4.93. The Balaban J connectivity index is 1.89. The summed E-state index contributed by atoms with van der Waals surface area (Å²) in [5.41, 5.74) is 0.656. The lowest BCUT2D eigenvalue weighted by Crippen LogP contribution is -2.28. The second kappa shape index (κ2) is 8.69. The lowest BCUT2D eigenvalue weighted by molar-refractivity contribution is -0.124. The molecule has 2 aromatic carbocycles. The van der Waals surface area contributed by atoms with E-state index in [0.29, 0.717) is 10.6 Å². The zero-order valence-electron chi connectivity index (χ0n) is 13.1. The molecule has 0 unspecified atom stereocenters. The van der Waals surface area contributed by atoms with Crippen molar-refractivity contribution in [2.45, 2.75) is 6.54 Å². The minimum atomic E-state index is -0.741. The molecule has 0 spiro atoms. The third-order valence-corrected chi connectivity index (χ3v) is 3.79. The standard InChI is InChI=1S/C17H14Cl2FNO4/c1-24-15-5-3-11(18)6-13(15)17(23)25-9-16(22)21-8-10-2-4-12(20)7-14(10)19/h2-7H,8-9H2,1H3,(H,21,22). The van der Waals surface area contributed by atoms with E-state index in [0.717, 1.165) is 6.07 Å². The molecule has 0 saturated carbocycles. The van der Waals surface area contributed by atoms with E-state index in [1.54, 1.807) is 6.07 Å². The number of nitrogens with one attached hydrogen (secondary N) is 1. The van der Waals surface area contributed by atoms with E-state index >= 15 is 0 Å². The Labute approximate surface area is 153 Å². The molecule has 1 N–H and O–H groups in total. The van der Waals surface area contributed by atoms with Gasteiger partial charge in [0.15, 0.2) is 6.61 Å². The maximum absolute atomic E-state index is 13.0. The summed E-state index contributed by atoms with van der Waals surface area (Å²) in [6.07, 6.45) is 0. The fraction of sp³-hybridized carbons (Fsp3) is 0.176. The van der Waals surface area contributed by atoms with Crippen molar-refractivity contribution >= 4 is 35.1 Å². The molecule has 0 heterocycles. The van der Waals surface area contributed by atoms with Crippen molar-refractivity contribution in [3.05, 3.63) is 63.4 Å². The van der Waals surface area contributed by atoms with Gasteiger partial charge in [0.25, 0.3) is 5.91 Å². The van der Waals surface area contributed by atoms with Gasteiger partial charge in [0, 0.05) is 16.6 Å². The van der Waals surface area contributed by atoms with Crippen molar-refractivity contribution in [1.29, 1.82) is 0 Å². The van der Waals surface area contributed by atoms with Crippen molar-refractivity contribution in [2.24, 2.45) is 0 Å². The third kappa shape index (κ3) is 5.34. The first-order chi connectivity index (χ1) is 11.9. The summed E-state index contributed by atoms with van der Waals surface area (Å²) < 4.78 is 23.0. The smallest absolute Gasteiger partial charge is 0.342 e. The van der Waals surface area contributed by atoms with Crippen LogP contribution >= 0.6 is 23.2 Å². The molecular formula is C17H14Cl2FNO4. The summed E-state index contributed by atoms with van der Waals surface area (Å²) in [7, 11) is 1.40. The van der Waals surface area contributed by atoms with Gasteiger partial charge in [-0.2, -0.15) is 0 Å². The Kier molecular flexibility index (Phi) is 6.61. The van der Waals surface area contributed by atoms with Crippen LogP contribution in [-0.2, 0) is 16.1 Å². The van der Waals surface area contributed by atoms with Gasteiger partial charge in [0.2, 0.25) is 0 Å². The second-order valence-corrected chi connectivity index (χ2v) is 5.78. The molecule has 0 bridgehead atoms. The minimum absolute atomic E-state index is 0.0793. The fourth-order valence-corrected chi connectivity index (χ4v) is 2.36. The molecule has 2 rings (SSSR count). The first-order valence-electron chi connectivity index (χ1n) is 7.12. The topological polar surface area (TPSA) is 64.6 Å². The number of methoxy groups -OCH3 is 1. The van der Waals surface area contributed by atoms with E-state index < -0.39 is 24.3 Å². The molecule has 0 fully saturated rings. The minimum Gasteiger partial charge on any atom is -0.496 e. The van der Waals surface area contributed by atoms with Gasteiger partial charge < -0.3 is 14.8 Å². The molecule has 2 aromatic rings. The van der Waals surface area contributed by atoms with Crippen LogP contribution in [0.4, 0.5) is 4.39 Å². The monoisotopic (exact) mass is 385 g/mol. The number of amides is 1. The Morgan fingerprint density at radius 1 is 1.16 bits per heavy atom. The van der Waals surface area contributed by atoms with Crippen LogP contribution in [0.25, 0.3) is 0 Å². The van der Waals surface area contributed by atoms with Crippen molar-refractivity contribution in [3.8, 4) is 5.75 Å². The summed E-state index contributed by atoms with van der Waals surface area (Å²) in [4.78, 5) is 23.8. The van der Waals surface area contributed by atoms with Crippen molar-refractivity contribution in [1.82, 2.24) is 5.32 Å². The summed E-state index contributed by atoms with van der Waals surface area (Å²) in [5.74, 6) is -1.46. The highest BCUT2D eigenvalue weighted by Gasteiger charge is 2.16. The Bertz CT molecular complexity index is 798. The zero-order chi connectivity index (χ0) is 18.4. The fourth-order valence-electron chi connectivity index (χ4n) is 1.96. The number of halogens is 3. The molecule has 0 atom stereocenters. The van der Waals surface area contributed by atoms with Gasteiger partial charge in [-0.15, -0.1) is 0 Å². The average Bonchev–Trinajstić information content (AvgIpc) is 2.58. The molecule has 0 radical (unpaired) electrons. The SMILES string of the molecule is COc1ccc(Cl)cc1C(=O)OCC(=O)NCc1ccc(F)cc1Cl. The molecule has 0 aliphatic heterocycles. The first kappa shape index (κ1) is 19.0. The molecule has 0 saturated heterocycles. The van der Waals surface area contributed by atoms with E-state index in [1.807, 2.05) is 0 Å². The van der Waals surface area contributed by atoms with Gasteiger partial charge in [0.05, 0.1) is 7.11 Å². The largest absolute Gasteiger partial charge is 0.496 e. The lowest BCUT2D eigenvalue weighted by Gasteiger charge is -2.10. The predicted molar refractivity (Wildman–Crippen MR) is 91.5 cm³/mol. The number of hydrogen-bond donors (Lipinski definition) is 1. The highest BCUT2D eigenvalue weighted by Crippen LogP contribution is 2.23. The van der Waals surface area contributed by atoms with E-state index in [-0.39, 0.29) is 22.9 Å². The summed E-state index contributed by atoms with van der Waals surface area (Å²) in [6, 6.07) is 8.32. The normalized spacial score (nSPS) is 10.2. The maximum atomic E-state index is 13.0. The number of esters is 1. The third-order valence-electron chi connectivity index (χ3n) is 3.21. The highest BCUT2D eigenvalue weighted by atomic mass is 35.5. The van der Waals surface area contributed by atoms with Gasteiger partial charge in [0.1, 0.15) is 17.1 Å². The van der Waals surface area contributed by atoms with Crippen LogP contribution in [0.3, 0.4) is 0 Å². The molecule has 0 aliphatic carbocycles. The highest BCUT2D eigenvalue weighted by molar-refractivity contribution is 6.31.